The fourth-order valence-corrected chi connectivity index (χ4v) is 3.97. The summed E-state index contributed by atoms with van der Waals surface area (Å²) in [5, 5.41) is 15.4. The maximum atomic E-state index is 5.92. The molecule has 1 unspecified atom stereocenters. The van der Waals surface area contributed by atoms with Crippen LogP contribution in [0.1, 0.15) is 49.5 Å². The monoisotopic (exact) mass is 398 g/mol. The van der Waals surface area contributed by atoms with Crippen molar-refractivity contribution in [3.8, 4) is 11.5 Å². The van der Waals surface area contributed by atoms with E-state index in [0.29, 0.717) is 19.7 Å². The molecule has 8 nitrogen and oxygen atoms in total. The third-order valence-corrected chi connectivity index (χ3v) is 5.40. The zero-order valence-corrected chi connectivity index (χ0v) is 17.5. The van der Waals surface area contributed by atoms with Gasteiger partial charge in [0.1, 0.15) is 23.4 Å². The van der Waals surface area contributed by atoms with Gasteiger partial charge < -0.3 is 24.7 Å². The summed E-state index contributed by atoms with van der Waals surface area (Å²) in [6.45, 7) is 6.91. The third kappa shape index (κ3) is 4.31. The number of ether oxygens (including phenoxy) is 2. The second-order valence-corrected chi connectivity index (χ2v) is 7.55. The first-order valence-electron chi connectivity index (χ1n) is 10.5. The summed E-state index contributed by atoms with van der Waals surface area (Å²) in [5.74, 6) is 4.62. The molecule has 1 aromatic heterocycles. The Morgan fingerprint density at radius 1 is 1.28 bits per heavy atom. The first-order chi connectivity index (χ1) is 14.2. The summed E-state index contributed by atoms with van der Waals surface area (Å²) in [5.41, 5.74) is 2.27. The van der Waals surface area contributed by atoms with Gasteiger partial charge in [0.15, 0.2) is 11.8 Å². The number of nitrogens with one attached hydrogen (secondary N) is 2. The molecule has 3 heterocycles. The van der Waals surface area contributed by atoms with Crippen molar-refractivity contribution in [3.63, 3.8) is 0 Å². The smallest absolute Gasteiger partial charge is 0.191 e. The lowest BCUT2D eigenvalue weighted by Crippen LogP contribution is -2.37. The number of aromatic nitrogens is 3. The predicted molar refractivity (Wildman–Crippen MR) is 111 cm³/mol. The van der Waals surface area contributed by atoms with E-state index >= 15 is 0 Å². The molecular weight excluding hydrogens is 368 g/mol. The van der Waals surface area contributed by atoms with E-state index in [2.05, 4.69) is 49.4 Å². The van der Waals surface area contributed by atoms with E-state index in [1.54, 1.807) is 7.05 Å². The van der Waals surface area contributed by atoms with Gasteiger partial charge in [-0.25, -0.2) is 0 Å². The molecule has 0 radical (unpaired) electrons. The van der Waals surface area contributed by atoms with E-state index in [4.69, 9.17) is 9.47 Å². The minimum absolute atomic E-state index is 0.214. The Hall–Kier alpha value is -2.77. The number of hydrogen-bond acceptors (Lipinski definition) is 5. The van der Waals surface area contributed by atoms with Crippen LogP contribution in [0, 0.1) is 0 Å². The largest absolute Gasteiger partial charge is 0.494 e. The van der Waals surface area contributed by atoms with E-state index in [0.717, 1.165) is 54.1 Å². The molecule has 0 amide bonds. The number of aryl methyl sites for hydroxylation is 1. The summed E-state index contributed by atoms with van der Waals surface area (Å²) in [4.78, 5) is 4.34. The summed E-state index contributed by atoms with van der Waals surface area (Å²) in [6, 6.07) is 4.19. The van der Waals surface area contributed by atoms with Crippen LogP contribution in [0.4, 0.5) is 0 Å². The van der Waals surface area contributed by atoms with Gasteiger partial charge in [0.25, 0.3) is 0 Å². The Labute approximate surface area is 171 Å². The summed E-state index contributed by atoms with van der Waals surface area (Å²) in [6.07, 6.45) is 4.53. The highest BCUT2D eigenvalue weighted by atomic mass is 16.5. The van der Waals surface area contributed by atoms with Gasteiger partial charge in [-0.3, -0.25) is 4.99 Å². The van der Waals surface area contributed by atoms with Crippen LogP contribution in [0.2, 0.25) is 0 Å². The van der Waals surface area contributed by atoms with E-state index in [-0.39, 0.29) is 6.10 Å². The van der Waals surface area contributed by atoms with Gasteiger partial charge in [-0.2, -0.15) is 0 Å². The van der Waals surface area contributed by atoms with Crippen molar-refractivity contribution in [1.82, 2.24) is 25.4 Å². The summed E-state index contributed by atoms with van der Waals surface area (Å²) < 4.78 is 14.0. The number of aliphatic imine (C=N–C) groups is 1. The molecule has 8 heteroatoms. The summed E-state index contributed by atoms with van der Waals surface area (Å²) in [7, 11) is 1.77. The van der Waals surface area contributed by atoms with Gasteiger partial charge >= 0.3 is 0 Å². The fourth-order valence-electron chi connectivity index (χ4n) is 3.97. The number of benzene rings is 1. The molecule has 2 aliphatic rings. The quantitative estimate of drug-likeness (QED) is 0.573. The Bertz CT molecular complexity index is 892. The van der Waals surface area contributed by atoms with Crippen LogP contribution in [-0.2, 0) is 32.5 Å². The highest BCUT2D eigenvalue weighted by Crippen LogP contribution is 2.35. The zero-order chi connectivity index (χ0) is 20.2. The van der Waals surface area contributed by atoms with Gasteiger partial charge in [-0.15, -0.1) is 10.2 Å². The van der Waals surface area contributed by atoms with Crippen LogP contribution in [0.15, 0.2) is 17.1 Å². The van der Waals surface area contributed by atoms with Gasteiger partial charge in [0, 0.05) is 44.1 Å². The first-order valence-corrected chi connectivity index (χ1v) is 10.5. The van der Waals surface area contributed by atoms with Crippen LogP contribution < -0.4 is 20.1 Å². The molecule has 2 aromatic rings. The van der Waals surface area contributed by atoms with E-state index in [1.165, 1.54) is 18.4 Å². The summed E-state index contributed by atoms with van der Waals surface area (Å²) >= 11 is 0. The zero-order valence-electron chi connectivity index (χ0n) is 17.5. The van der Waals surface area contributed by atoms with Crippen LogP contribution in [0.5, 0.6) is 11.5 Å². The van der Waals surface area contributed by atoms with Crippen molar-refractivity contribution in [3.05, 3.63) is 34.9 Å². The van der Waals surface area contributed by atoms with Gasteiger partial charge in [-0.1, -0.05) is 0 Å². The molecule has 0 fully saturated rings. The minimum atomic E-state index is 0.214. The number of guanidine groups is 1. The second-order valence-electron chi connectivity index (χ2n) is 7.55. The molecule has 0 spiro atoms. The minimum Gasteiger partial charge on any atom is -0.494 e. The van der Waals surface area contributed by atoms with Crippen molar-refractivity contribution in [2.45, 2.75) is 65.3 Å². The predicted octanol–water partition coefficient (Wildman–Crippen LogP) is 2.20. The molecule has 2 N–H and O–H groups in total. The maximum Gasteiger partial charge on any atom is 0.191 e. The molecule has 0 bridgehead atoms. The molecule has 156 valence electrons. The highest BCUT2D eigenvalue weighted by Gasteiger charge is 2.22. The van der Waals surface area contributed by atoms with E-state index in [1.807, 2.05) is 6.92 Å². The lowest BCUT2D eigenvalue weighted by atomic mass is 10.1. The highest BCUT2D eigenvalue weighted by molar-refractivity contribution is 5.79. The number of hydrogen-bond donors (Lipinski definition) is 2. The molecule has 29 heavy (non-hydrogen) atoms. The lowest BCUT2D eigenvalue weighted by Gasteiger charge is -2.17. The molecule has 1 aromatic carbocycles. The molecule has 1 atom stereocenters. The maximum absolute atomic E-state index is 5.92. The van der Waals surface area contributed by atoms with Crippen molar-refractivity contribution in [2.24, 2.45) is 4.99 Å². The average molecular weight is 399 g/mol. The van der Waals surface area contributed by atoms with Crippen LogP contribution in [0.25, 0.3) is 0 Å². The Morgan fingerprint density at radius 3 is 2.97 bits per heavy atom. The first kappa shape index (κ1) is 19.5. The second kappa shape index (κ2) is 8.71. The molecule has 0 aliphatic carbocycles. The van der Waals surface area contributed by atoms with Gasteiger partial charge in [0.05, 0.1) is 13.2 Å². The molecule has 0 saturated heterocycles. The number of fused-ring (bicyclic) bond motifs is 2. The van der Waals surface area contributed by atoms with Crippen LogP contribution >= 0.6 is 0 Å². The molecular formula is C21H30N6O2. The topological polar surface area (TPSA) is 85.6 Å². The Kier molecular flexibility index (Phi) is 5.87. The Balaban J connectivity index is 1.40. The van der Waals surface area contributed by atoms with Crippen LogP contribution in [0.3, 0.4) is 0 Å². The third-order valence-electron chi connectivity index (χ3n) is 5.40. The Morgan fingerprint density at radius 2 is 2.14 bits per heavy atom. The van der Waals surface area contributed by atoms with Crippen LogP contribution in [-0.4, -0.2) is 40.5 Å². The van der Waals surface area contributed by atoms with Gasteiger partial charge in [0.2, 0.25) is 0 Å². The molecule has 0 saturated carbocycles. The van der Waals surface area contributed by atoms with Crippen molar-refractivity contribution < 1.29 is 9.47 Å². The lowest BCUT2D eigenvalue weighted by molar-refractivity contribution is 0.254. The molecule has 2 aliphatic heterocycles. The van der Waals surface area contributed by atoms with Crippen molar-refractivity contribution >= 4 is 5.96 Å². The standard InChI is InChI=1S/C21H30N6O2/c1-4-28-17-10-15-9-14(2)29-18(15)11-16(17)12-23-21(22-3)24-13-20-26-25-19-7-5-6-8-27(19)20/h10-11,14H,4-9,12-13H2,1-3H3,(H2,22,23,24). The van der Waals surface area contributed by atoms with E-state index < -0.39 is 0 Å². The van der Waals surface area contributed by atoms with Crippen molar-refractivity contribution in [1.29, 1.82) is 0 Å². The fraction of sp³-hybridized carbons (Fsp3) is 0.571. The van der Waals surface area contributed by atoms with E-state index in [9.17, 15) is 0 Å². The number of rotatable bonds is 6. The SMILES string of the molecule is CCOc1cc2c(cc1CNC(=NC)NCc1nnc3n1CCCC3)OC(C)C2. The van der Waals surface area contributed by atoms with Gasteiger partial charge in [-0.05, 0) is 38.8 Å². The van der Waals surface area contributed by atoms with Crippen molar-refractivity contribution in [2.75, 3.05) is 13.7 Å². The normalized spacial score (nSPS) is 18.0. The average Bonchev–Trinajstić information content (AvgIpc) is 3.30. The molecule has 4 rings (SSSR count). The number of nitrogens with zero attached hydrogens (tertiary/aromatic N) is 4.